The van der Waals surface area contributed by atoms with E-state index in [1.807, 2.05) is 0 Å². The van der Waals surface area contributed by atoms with Crippen LogP contribution >= 0.6 is 0 Å². The van der Waals surface area contributed by atoms with Gasteiger partial charge in [-0.3, -0.25) is 4.79 Å². The summed E-state index contributed by atoms with van der Waals surface area (Å²) in [6.45, 7) is 7.12. The number of nitrogens with zero attached hydrogens (tertiary/aromatic N) is 2. The van der Waals surface area contributed by atoms with Crippen LogP contribution in [-0.2, 0) is 29.6 Å². The number of aryl methyl sites for hydroxylation is 3. The van der Waals surface area contributed by atoms with Gasteiger partial charge in [-0.05, 0) is 45.4 Å². The smallest absolute Gasteiger partial charge is 0.246 e. The Morgan fingerprint density at radius 2 is 1.78 bits per heavy atom. The van der Waals surface area contributed by atoms with Crippen LogP contribution in [0.3, 0.4) is 0 Å². The molecule has 3 rings (SSSR count). The highest BCUT2D eigenvalue weighted by molar-refractivity contribution is 7.89. The zero-order chi connectivity index (χ0) is 23.7. The Hall–Kier alpha value is -2.32. The second-order valence-electron chi connectivity index (χ2n) is 7.48. The second-order valence-corrected chi connectivity index (χ2v) is 11.0. The Labute approximate surface area is 187 Å². The van der Waals surface area contributed by atoms with E-state index in [0.29, 0.717) is 18.8 Å². The third-order valence-electron chi connectivity index (χ3n) is 5.01. The molecule has 2 aromatic rings. The SMILES string of the molecule is Cc1ccc(NC(=O)[C@H](C)NS(=O)(=O)c2c(C)noc2C)cc1S(=O)(=O)N1CCOCC1. The molecule has 32 heavy (non-hydrogen) atoms. The Bertz CT molecular complexity index is 1200. The Balaban J connectivity index is 1.77. The number of anilines is 1. The molecule has 0 unspecified atom stereocenters. The summed E-state index contributed by atoms with van der Waals surface area (Å²) >= 11 is 0. The highest BCUT2D eigenvalue weighted by Crippen LogP contribution is 2.25. The van der Waals surface area contributed by atoms with E-state index in [1.54, 1.807) is 19.1 Å². The van der Waals surface area contributed by atoms with Gasteiger partial charge in [-0.1, -0.05) is 11.2 Å². The molecule has 11 nitrogen and oxygen atoms in total. The third-order valence-corrected chi connectivity index (χ3v) is 8.83. The van der Waals surface area contributed by atoms with Crippen LogP contribution in [0.15, 0.2) is 32.5 Å². The van der Waals surface area contributed by atoms with Gasteiger partial charge in [0.2, 0.25) is 26.0 Å². The van der Waals surface area contributed by atoms with Gasteiger partial charge in [0, 0.05) is 18.8 Å². The zero-order valence-electron chi connectivity index (χ0n) is 18.2. The fourth-order valence-electron chi connectivity index (χ4n) is 3.34. The molecule has 176 valence electrons. The Kier molecular flexibility index (Phi) is 7.05. The molecule has 1 aliphatic heterocycles. The largest absolute Gasteiger partial charge is 0.379 e. The van der Waals surface area contributed by atoms with Crippen LogP contribution in [0.1, 0.15) is 23.9 Å². The third kappa shape index (κ3) is 5.02. The van der Waals surface area contributed by atoms with E-state index < -0.39 is 32.0 Å². The maximum atomic E-state index is 13.0. The lowest BCUT2D eigenvalue weighted by Crippen LogP contribution is -2.42. The first-order valence-corrected chi connectivity index (χ1v) is 12.8. The number of nitrogens with one attached hydrogen (secondary N) is 2. The van der Waals surface area contributed by atoms with Crippen LogP contribution in [0.2, 0.25) is 0 Å². The van der Waals surface area contributed by atoms with Crippen LogP contribution < -0.4 is 10.0 Å². The van der Waals surface area contributed by atoms with Crippen LogP contribution in [-0.4, -0.2) is 64.5 Å². The van der Waals surface area contributed by atoms with Crippen molar-refractivity contribution in [1.82, 2.24) is 14.2 Å². The standard InChI is InChI=1S/C19H26N4O7S2/c1-12-5-6-16(11-17(12)32(27,28)23-7-9-29-10-8-23)20-19(24)14(3)22-31(25,26)18-13(2)21-30-15(18)4/h5-6,11,14,22H,7-10H2,1-4H3,(H,20,24)/t14-/m0/s1. The van der Waals surface area contributed by atoms with Crippen molar-refractivity contribution in [1.29, 1.82) is 0 Å². The van der Waals surface area contributed by atoms with E-state index in [1.165, 1.54) is 31.1 Å². The quantitative estimate of drug-likeness (QED) is 0.587. The van der Waals surface area contributed by atoms with E-state index in [-0.39, 0.29) is 40.0 Å². The second kappa shape index (κ2) is 9.27. The number of rotatable bonds is 7. The predicted molar refractivity (Wildman–Crippen MR) is 115 cm³/mol. The van der Waals surface area contributed by atoms with Crippen molar-refractivity contribution in [2.45, 2.75) is 43.5 Å². The average molecular weight is 487 g/mol. The van der Waals surface area contributed by atoms with Crippen LogP contribution in [0.4, 0.5) is 5.69 Å². The van der Waals surface area contributed by atoms with E-state index in [2.05, 4.69) is 15.2 Å². The van der Waals surface area contributed by atoms with Crippen molar-refractivity contribution in [3.63, 3.8) is 0 Å². The van der Waals surface area contributed by atoms with Crippen molar-refractivity contribution >= 4 is 31.6 Å². The molecule has 1 aromatic carbocycles. The molecule has 0 spiro atoms. The number of carbonyl (C=O) groups is 1. The monoisotopic (exact) mass is 486 g/mol. The molecule has 1 saturated heterocycles. The molecule has 0 radical (unpaired) electrons. The number of carbonyl (C=O) groups excluding carboxylic acids is 1. The lowest BCUT2D eigenvalue weighted by atomic mass is 10.2. The lowest BCUT2D eigenvalue weighted by molar-refractivity contribution is -0.117. The number of ether oxygens (including phenoxy) is 1. The summed E-state index contributed by atoms with van der Waals surface area (Å²) < 4.78 is 65.0. The van der Waals surface area contributed by atoms with Crippen molar-refractivity contribution in [2.24, 2.45) is 0 Å². The first kappa shape index (κ1) is 24.3. The van der Waals surface area contributed by atoms with Gasteiger partial charge in [0.05, 0.1) is 24.2 Å². The molecule has 1 fully saturated rings. The minimum atomic E-state index is -4.05. The molecule has 13 heteroatoms. The summed E-state index contributed by atoms with van der Waals surface area (Å²) in [5.41, 5.74) is 0.941. The van der Waals surface area contributed by atoms with E-state index in [4.69, 9.17) is 9.26 Å². The topological polar surface area (TPSA) is 148 Å². The van der Waals surface area contributed by atoms with Crippen molar-refractivity contribution in [2.75, 3.05) is 31.6 Å². The fourth-order valence-corrected chi connectivity index (χ4v) is 6.53. The number of aromatic nitrogens is 1. The van der Waals surface area contributed by atoms with Crippen molar-refractivity contribution in [3.05, 3.63) is 35.2 Å². The lowest BCUT2D eigenvalue weighted by Gasteiger charge is -2.27. The Morgan fingerprint density at radius 3 is 2.38 bits per heavy atom. The van der Waals surface area contributed by atoms with Gasteiger partial charge >= 0.3 is 0 Å². The molecule has 0 saturated carbocycles. The van der Waals surface area contributed by atoms with Gasteiger partial charge in [0.1, 0.15) is 10.6 Å². The van der Waals surface area contributed by atoms with Gasteiger partial charge in [-0.25, -0.2) is 16.8 Å². The number of hydrogen-bond donors (Lipinski definition) is 2. The van der Waals surface area contributed by atoms with Gasteiger partial charge in [0.25, 0.3) is 0 Å². The first-order chi connectivity index (χ1) is 14.9. The summed E-state index contributed by atoms with van der Waals surface area (Å²) in [5.74, 6) is -0.544. The maximum Gasteiger partial charge on any atom is 0.246 e. The van der Waals surface area contributed by atoms with Gasteiger partial charge in [-0.2, -0.15) is 9.03 Å². The molecule has 1 amide bonds. The summed E-state index contributed by atoms with van der Waals surface area (Å²) in [4.78, 5) is 12.6. The molecule has 0 aliphatic carbocycles. The van der Waals surface area contributed by atoms with Crippen LogP contribution in [0, 0.1) is 20.8 Å². The zero-order valence-corrected chi connectivity index (χ0v) is 19.8. The van der Waals surface area contributed by atoms with Crippen molar-refractivity contribution < 1.29 is 30.9 Å². The highest BCUT2D eigenvalue weighted by atomic mass is 32.2. The normalized spacial score (nSPS) is 16.6. The van der Waals surface area contributed by atoms with Gasteiger partial charge in [0.15, 0.2) is 5.76 Å². The minimum absolute atomic E-state index is 0.0705. The summed E-state index contributed by atoms with van der Waals surface area (Å²) in [7, 11) is -7.81. The number of sulfonamides is 2. The first-order valence-electron chi connectivity index (χ1n) is 9.88. The number of morpholine rings is 1. The van der Waals surface area contributed by atoms with Gasteiger partial charge in [-0.15, -0.1) is 0 Å². The molecule has 1 aromatic heterocycles. The summed E-state index contributed by atoms with van der Waals surface area (Å²) in [6, 6.07) is 3.37. The maximum absolute atomic E-state index is 13.0. The van der Waals surface area contributed by atoms with Crippen LogP contribution in [0.25, 0.3) is 0 Å². The molecule has 1 atom stereocenters. The number of amides is 1. The molecular weight excluding hydrogens is 460 g/mol. The predicted octanol–water partition coefficient (Wildman–Crippen LogP) is 0.926. The van der Waals surface area contributed by atoms with E-state index >= 15 is 0 Å². The average Bonchev–Trinajstić information content (AvgIpc) is 3.08. The number of hydrogen-bond acceptors (Lipinski definition) is 8. The number of benzene rings is 1. The molecular formula is C19H26N4O7S2. The van der Waals surface area contributed by atoms with Crippen LogP contribution in [0.5, 0.6) is 0 Å². The highest BCUT2D eigenvalue weighted by Gasteiger charge is 2.30. The fraction of sp³-hybridized carbons (Fsp3) is 0.474. The van der Waals surface area contributed by atoms with E-state index in [9.17, 15) is 21.6 Å². The van der Waals surface area contributed by atoms with Crippen molar-refractivity contribution in [3.8, 4) is 0 Å². The molecule has 2 heterocycles. The Morgan fingerprint density at radius 1 is 1.12 bits per heavy atom. The minimum Gasteiger partial charge on any atom is -0.379 e. The molecule has 1 aliphatic rings. The summed E-state index contributed by atoms with van der Waals surface area (Å²) in [5, 5.41) is 6.19. The van der Waals surface area contributed by atoms with Gasteiger partial charge < -0.3 is 14.6 Å². The molecule has 0 bridgehead atoms. The summed E-state index contributed by atoms with van der Waals surface area (Å²) in [6.07, 6.45) is 0. The molecule has 2 N–H and O–H groups in total. The van der Waals surface area contributed by atoms with E-state index in [0.717, 1.165) is 0 Å².